The third-order valence-electron chi connectivity index (χ3n) is 3.86. The van der Waals surface area contributed by atoms with Gasteiger partial charge in [-0.05, 0) is 45.6 Å². The van der Waals surface area contributed by atoms with Crippen molar-refractivity contribution in [3.8, 4) is 0 Å². The number of hydrogen-bond acceptors (Lipinski definition) is 1. The number of carbonyl (C=O) groups is 1. The van der Waals surface area contributed by atoms with Crippen molar-refractivity contribution in [2.75, 3.05) is 0 Å². The van der Waals surface area contributed by atoms with Crippen molar-refractivity contribution in [1.29, 1.82) is 0 Å². The van der Waals surface area contributed by atoms with Crippen molar-refractivity contribution in [3.05, 3.63) is 35.2 Å². The summed E-state index contributed by atoms with van der Waals surface area (Å²) in [6, 6.07) is 2.03. The van der Waals surface area contributed by atoms with Gasteiger partial charge in [-0.25, -0.2) is 0 Å². The molecule has 0 fully saturated rings. The highest BCUT2D eigenvalue weighted by Crippen LogP contribution is 2.20. The second-order valence-electron chi connectivity index (χ2n) is 5.15. The second kappa shape index (κ2) is 5.42. The molecule has 1 aliphatic carbocycles. The summed E-state index contributed by atoms with van der Waals surface area (Å²) in [6.07, 6.45) is 9.01. The van der Waals surface area contributed by atoms with E-state index in [0.717, 1.165) is 24.1 Å². The van der Waals surface area contributed by atoms with Gasteiger partial charge in [0.05, 0.1) is 5.56 Å². The summed E-state index contributed by atoms with van der Waals surface area (Å²) in [7, 11) is 1.96. The van der Waals surface area contributed by atoms with Crippen molar-refractivity contribution < 1.29 is 4.79 Å². The molecule has 0 saturated heterocycles. The SMILES string of the molecule is Cc1c(C(=O)N[C@@H](C)C2=CCCCC2)ccn1C. The van der Waals surface area contributed by atoms with E-state index in [9.17, 15) is 4.79 Å². The minimum Gasteiger partial charge on any atom is -0.354 e. The van der Waals surface area contributed by atoms with E-state index in [1.165, 1.54) is 18.4 Å². The summed E-state index contributed by atoms with van der Waals surface area (Å²) in [5.41, 5.74) is 3.17. The maximum Gasteiger partial charge on any atom is 0.253 e. The zero-order valence-electron chi connectivity index (χ0n) is 11.5. The van der Waals surface area contributed by atoms with Gasteiger partial charge in [-0.2, -0.15) is 0 Å². The quantitative estimate of drug-likeness (QED) is 0.817. The number of nitrogens with zero attached hydrogens (tertiary/aromatic N) is 1. The Morgan fingerprint density at radius 3 is 2.78 bits per heavy atom. The second-order valence-corrected chi connectivity index (χ2v) is 5.15. The first kappa shape index (κ1) is 12.9. The summed E-state index contributed by atoms with van der Waals surface area (Å²) in [5, 5.41) is 3.10. The molecule has 0 bridgehead atoms. The van der Waals surface area contributed by atoms with Crippen molar-refractivity contribution in [1.82, 2.24) is 9.88 Å². The molecule has 3 heteroatoms. The molecule has 2 rings (SSSR count). The molecule has 1 N–H and O–H groups in total. The van der Waals surface area contributed by atoms with E-state index in [0.29, 0.717) is 0 Å². The normalized spacial score (nSPS) is 17.2. The average molecular weight is 246 g/mol. The lowest BCUT2D eigenvalue weighted by Crippen LogP contribution is -2.34. The maximum atomic E-state index is 12.2. The molecule has 1 aromatic rings. The standard InChI is InChI=1S/C15H22N2O/c1-11(13-7-5-4-6-8-13)16-15(18)14-9-10-17(3)12(14)2/h7,9-11H,4-6,8H2,1-3H3,(H,16,18)/t11-/m0/s1. The lowest BCUT2D eigenvalue weighted by molar-refractivity contribution is 0.0944. The molecule has 0 aromatic carbocycles. The fourth-order valence-electron chi connectivity index (χ4n) is 2.47. The number of nitrogens with one attached hydrogen (secondary N) is 1. The highest BCUT2D eigenvalue weighted by Gasteiger charge is 2.17. The van der Waals surface area contributed by atoms with E-state index in [2.05, 4.69) is 18.3 Å². The number of aromatic nitrogens is 1. The van der Waals surface area contributed by atoms with Crippen molar-refractivity contribution in [2.24, 2.45) is 7.05 Å². The minimum absolute atomic E-state index is 0.0343. The molecule has 1 aliphatic rings. The van der Waals surface area contributed by atoms with Crippen molar-refractivity contribution in [3.63, 3.8) is 0 Å². The zero-order valence-corrected chi connectivity index (χ0v) is 11.5. The van der Waals surface area contributed by atoms with Crippen LogP contribution in [0, 0.1) is 6.92 Å². The number of carbonyl (C=O) groups excluding carboxylic acids is 1. The lowest BCUT2D eigenvalue weighted by atomic mass is 9.94. The smallest absolute Gasteiger partial charge is 0.253 e. The van der Waals surface area contributed by atoms with Gasteiger partial charge in [0, 0.05) is 25.0 Å². The van der Waals surface area contributed by atoms with E-state index in [-0.39, 0.29) is 11.9 Å². The summed E-state index contributed by atoms with van der Waals surface area (Å²) in [5.74, 6) is 0.0343. The van der Waals surface area contributed by atoms with Crippen LogP contribution in [0.4, 0.5) is 0 Å². The first-order valence-corrected chi connectivity index (χ1v) is 6.71. The highest BCUT2D eigenvalue weighted by molar-refractivity contribution is 5.95. The third-order valence-corrected chi connectivity index (χ3v) is 3.86. The van der Waals surface area contributed by atoms with Crippen molar-refractivity contribution >= 4 is 5.91 Å². The van der Waals surface area contributed by atoms with Gasteiger partial charge in [-0.15, -0.1) is 0 Å². The lowest BCUT2D eigenvalue weighted by Gasteiger charge is -2.20. The van der Waals surface area contributed by atoms with Gasteiger partial charge in [0.2, 0.25) is 0 Å². The highest BCUT2D eigenvalue weighted by atomic mass is 16.1. The molecule has 3 nitrogen and oxygen atoms in total. The molecule has 1 heterocycles. The molecule has 0 radical (unpaired) electrons. The van der Waals surface area contributed by atoms with Crippen LogP contribution in [0.25, 0.3) is 0 Å². The van der Waals surface area contributed by atoms with Crippen LogP contribution in [0.5, 0.6) is 0 Å². The molecule has 18 heavy (non-hydrogen) atoms. The van der Waals surface area contributed by atoms with Crippen LogP contribution in [0.1, 0.15) is 48.7 Å². The molecule has 0 spiro atoms. The molecule has 0 saturated carbocycles. The van der Waals surface area contributed by atoms with Crippen LogP contribution in [0.2, 0.25) is 0 Å². The van der Waals surface area contributed by atoms with Gasteiger partial charge in [0.15, 0.2) is 0 Å². The Labute approximate surface area is 109 Å². The van der Waals surface area contributed by atoms with Crippen LogP contribution < -0.4 is 5.32 Å². The van der Waals surface area contributed by atoms with E-state index in [4.69, 9.17) is 0 Å². The Morgan fingerprint density at radius 2 is 2.22 bits per heavy atom. The molecule has 98 valence electrons. The molecule has 1 amide bonds. The number of rotatable bonds is 3. The van der Waals surface area contributed by atoms with E-state index >= 15 is 0 Å². The van der Waals surface area contributed by atoms with Crippen molar-refractivity contribution in [2.45, 2.75) is 45.6 Å². The van der Waals surface area contributed by atoms with Crippen LogP contribution in [0.15, 0.2) is 23.9 Å². The number of allylic oxidation sites excluding steroid dienone is 1. The van der Waals surface area contributed by atoms with Crippen LogP contribution >= 0.6 is 0 Å². The minimum atomic E-state index is 0.0343. The Hall–Kier alpha value is -1.51. The Bertz CT molecular complexity index is 471. The summed E-state index contributed by atoms with van der Waals surface area (Å²) in [4.78, 5) is 12.2. The summed E-state index contributed by atoms with van der Waals surface area (Å²) < 4.78 is 1.97. The zero-order chi connectivity index (χ0) is 13.1. The van der Waals surface area contributed by atoms with Gasteiger partial charge < -0.3 is 9.88 Å². The molecule has 0 aliphatic heterocycles. The number of amides is 1. The van der Waals surface area contributed by atoms with Gasteiger partial charge in [-0.1, -0.05) is 11.6 Å². The van der Waals surface area contributed by atoms with Gasteiger partial charge >= 0.3 is 0 Å². The largest absolute Gasteiger partial charge is 0.354 e. The third kappa shape index (κ3) is 2.66. The first-order chi connectivity index (χ1) is 8.59. The van der Waals surface area contributed by atoms with E-state index < -0.39 is 0 Å². The molecule has 0 unspecified atom stereocenters. The monoisotopic (exact) mass is 246 g/mol. The Balaban J connectivity index is 2.03. The van der Waals surface area contributed by atoms with Crippen LogP contribution in [-0.2, 0) is 7.05 Å². The fourth-order valence-corrected chi connectivity index (χ4v) is 2.47. The van der Waals surface area contributed by atoms with Gasteiger partial charge in [0.1, 0.15) is 0 Å². The average Bonchev–Trinajstić information content (AvgIpc) is 2.71. The van der Waals surface area contributed by atoms with Gasteiger partial charge in [-0.3, -0.25) is 4.79 Å². The molecular formula is C15H22N2O. The first-order valence-electron chi connectivity index (χ1n) is 6.71. The molecular weight excluding hydrogens is 224 g/mol. The molecule has 1 aromatic heterocycles. The van der Waals surface area contributed by atoms with E-state index in [1.807, 2.05) is 30.8 Å². The number of aryl methyl sites for hydroxylation is 1. The summed E-state index contributed by atoms with van der Waals surface area (Å²) in [6.45, 7) is 4.05. The maximum absolute atomic E-state index is 12.2. The predicted octanol–water partition coefficient (Wildman–Crippen LogP) is 2.95. The summed E-state index contributed by atoms with van der Waals surface area (Å²) >= 11 is 0. The van der Waals surface area contributed by atoms with Crippen LogP contribution in [0.3, 0.4) is 0 Å². The molecule has 1 atom stereocenters. The Morgan fingerprint density at radius 1 is 1.44 bits per heavy atom. The van der Waals surface area contributed by atoms with E-state index in [1.54, 1.807) is 0 Å². The topological polar surface area (TPSA) is 34.0 Å². The van der Waals surface area contributed by atoms with Gasteiger partial charge in [0.25, 0.3) is 5.91 Å². The fraction of sp³-hybridized carbons (Fsp3) is 0.533. The van der Waals surface area contributed by atoms with Crippen LogP contribution in [-0.4, -0.2) is 16.5 Å². The number of hydrogen-bond donors (Lipinski definition) is 1. The Kier molecular flexibility index (Phi) is 3.90. The predicted molar refractivity (Wildman–Crippen MR) is 73.6 cm³/mol.